The molecule has 0 aromatic carbocycles. The SMILES string of the molecule is CCCCC=CCCCCCCCCCCCN. The van der Waals surface area contributed by atoms with Gasteiger partial charge in [-0.1, -0.05) is 76.9 Å². The molecule has 0 saturated carbocycles. The van der Waals surface area contributed by atoms with Crippen LogP contribution in [0.3, 0.4) is 0 Å². The number of allylic oxidation sites excluding steroid dienone is 2. The highest BCUT2D eigenvalue weighted by atomic mass is 14.5. The second-order valence-corrected chi connectivity index (χ2v) is 5.37. The summed E-state index contributed by atoms with van der Waals surface area (Å²) in [5.41, 5.74) is 5.47. The number of rotatable bonds is 14. The molecule has 0 amide bonds. The molecule has 0 heterocycles. The molecule has 1 heteroatoms. The van der Waals surface area contributed by atoms with Gasteiger partial charge >= 0.3 is 0 Å². The normalized spacial score (nSPS) is 11.4. The topological polar surface area (TPSA) is 26.0 Å². The van der Waals surface area contributed by atoms with E-state index in [-0.39, 0.29) is 0 Å². The van der Waals surface area contributed by atoms with Gasteiger partial charge in [-0.25, -0.2) is 0 Å². The van der Waals surface area contributed by atoms with Gasteiger partial charge in [0, 0.05) is 0 Å². The third-order valence-corrected chi connectivity index (χ3v) is 3.47. The molecule has 0 saturated heterocycles. The highest BCUT2D eigenvalue weighted by Gasteiger charge is 1.91. The van der Waals surface area contributed by atoms with Crippen molar-refractivity contribution < 1.29 is 0 Å². The van der Waals surface area contributed by atoms with Crippen LogP contribution >= 0.6 is 0 Å². The lowest BCUT2D eigenvalue weighted by Crippen LogP contribution is -1.97. The molecule has 1 nitrogen and oxygen atoms in total. The Labute approximate surface area is 115 Å². The van der Waals surface area contributed by atoms with Gasteiger partial charge in [0.1, 0.15) is 0 Å². The van der Waals surface area contributed by atoms with E-state index in [2.05, 4.69) is 19.1 Å². The quantitative estimate of drug-likeness (QED) is 0.317. The summed E-state index contributed by atoms with van der Waals surface area (Å²) in [4.78, 5) is 0. The first kappa shape index (κ1) is 17.7. The van der Waals surface area contributed by atoms with Crippen LogP contribution in [0.25, 0.3) is 0 Å². The van der Waals surface area contributed by atoms with Crippen LogP contribution in [0.1, 0.15) is 90.4 Å². The second-order valence-electron chi connectivity index (χ2n) is 5.37. The molecule has 0 radical (unpaired) electrons. The maximum atomic E-state index is 5.47. The van der Waals surface area contributed by atoms with Gasteiger partial charge in [0.2, 0.25) is 0 Å². The van der Waals surface area contributed by atoms with Crippen molar-refractivity contribution in [3.8, 4) is 0 Å². The average molecular weight is 253 g/mol. The van der Waals surface area contributed by atoms with Crippen molar-refractivity contribution in [1.82, 2.24) is 0 Å². The van der Waals surface area contributed by atoms with E-state index >= 15 is 0 Å². The van der Waals surface area contributed by atoms with Crippen molar-refractivity contribution in [3.63, 3.8) is 0 Å². The molecule has 0 atom stereocenters. The number of nitrogens with two attached hydrogens (primary N) is 1. The third kappa shape index (κ3) is 15.7. The fourth-order valence-corrected chi connectivity index (χ4v) is 2.20. The largest absolute Gasteiger partial charge is 0.330 e. The zero-order valence-electron chi connectivity index (χ0n) is 12.6. The summed E-state index contributed by atoms with van der Waals surface area (Å²) in [6.07, 6.45) is 22.4. The van der Waals surface area contributed by atoms with Gasteiger partial charge in [-0.2, -0.15) is 0 Å². The standard InChI is InChI=1S/C17H35N/c1-2-3-4-5-6-7-8-9-10-11-12-13-14-15-16-17-18/h5-6H,2-4,7-18H2,1H3. The first-order valence-electron chi connectivity index (χ1n) is 8.27. The van der Waals surface area contributed by atoms with Crippen LogP contribution < -0.4 is 5.73 Å². The van der Waals surface area contributed by atoms with Gasteiger partial charge in [0.05, 0.1) is 0 Å². The number of hydrogen-bond donors (Lipinski definition) is 1. The Bertz CT molecular complexity index is 163. The summed E-state index contributed by atoms with van der Waals surface area (Å²) < 4.78 is 0. The predicted octanol–water partition coefficient (Wildman–Crippen LogP) is 5.59. The maximum absolute atomic E-state index is 5.47. The first-order valence-corrected chi connectivity index (χ1v) is 8.27. The van der Waals surface area contributed by atoms with Gasteiger partial charge in [0.25, 0.3) is 0 Å². The first-order chi connectivity index (χ1) is 8.91. The summed E-state index contributed by atoms with van der Waals surface area (Å²) in [6.45, 7) is 3.12. The Morgan fingerprint density at radius 3 is 1.56 bits per heavy atom. The van der Waals surface area contributed by atoms with Gasteiger partial charge in [-0.15, -0.1) is 0 Å². The van der Waals surface area contributed by atoms with E-state index in [9.17, 15) is 0 Å². The van der Waals surface area contributed by atoms with Crippen LogP contribution in [0.2, 0.25) is 0 Å². The van der Waals surface area contributed by atoms with Crippen molar-refractivity contribution >= 4 is 0 Å². The molecule has 0 aliphatic heterocycles. The zero-order chi connectivity index (χ0) is 13.3. The summed E-state index contributed by atoms with van der Waals surface area (Å²) in [5.74, 6) is 0. The molecule has 0 bridgehead atoms. The summed E-state index contributed by atoms with van der Waals surface area (Å²) in [6, 6.07) is 0. The predicted molar refractivity (Wildman–Crippen MR) is 83.9 cm³/mol. The highest BCUT2D eigenvalue weighted by molar-refractivity contribution is 4.81. The van der Waals surface area contributed by atoms with Crippen molar-refractivity contribution in [2.45, 2.75) is 90.4 Å². The molecule has 108 valence electrons. The summed E-state index contributed by atoms with van der Waals surface area (Å²) >= 11 is 0. The second kappa shape index (κ2) is 16.7. The highest BCUT2D eigenvalue weighted by Crippen LogP contribution is 2.10. The average Bonchev–Trinajstić information content (AvgIpc) is 2.39. The van der Waals surface area contributed by atoms with E-state index in [1.54, 1.807) is 0 Å². The van der Waals surface area contributed by atoms with Crippen molar-refractivity contribution in [1.29, 1.82) is 0 Å². The monoisotopic (exact) mass is 253 g/mol. The van der Waals surface area contributed by atoms with Gasteiger partial charge in [-0.05, 0) is 32.2 Å². The lowest BCUT2D eigenvalue weighted by Gasteiger charge is -2.01. The molecular weight excluding hydrogens is 218 g/mol. The smallest absolute Gasteiger partial charge is 0.00773 e. The lowest BCUT2D eigenvalue weighted by molar-refractivity contribution is 0.562. The molecule has 0 aromatic heterocycles. The summed E-state index contributed by atoms with van der Waals surface area (Å²) in [7, 11) is 0. The van der Waals surface area contributed by atoms with Gasteiger partial charge in [-0.3, -0.25) is 0 Å². The van der Waals surface area contributed by atoms with Crippen LogP contribution in [0.15, 0.2) is 12.2 Å². The van der Waals surface area contributed by atoms with E-state index in [4.69, 9.17) is 5.73 Å². The molecule has 0 aliphatic carbocycles. The molecule has 0 aromatic rings. The van der Waals surface area contributed by atoms with Crippen LogP contribution in [0.4, 0.5) is 0 Å². The molecule has 18 heavy (non-hydrogen) atoms. The minimum Gasteiger partial charge on any atom is -0.330 e. The van der Waals surface area contributed by atoms with Crippen LogP contribution in [-0.2, 0) is 0 Å². The Hall–Kier alpha value is -0.300. The maximum Gasteiger partial charge on any atom is -0.00773 e. The van der Waals surface area contributed by atoms with Crippen molar-refractivity contribution in [2.75, 3.05) is 6.54 Å². The number of hydrogen-bond acceptors (Lipinski definition) is 1. The van der Waals surface area contributed by atoms with E-state index in [1.165, 1.54) is 83.5 Å². The molecule has 0 rings (SSSR count). The lowest BCUT2D eigenvalue weighted by atomic mass is 10.1. The van der Waals surface area contributed by atoms with Crippen molar-refractivity contribution in [3.05, 3.63) is 12.2 Å². The Morgan fingerprint density at radius 1 is 0.611 bits per heavy atom. The molecule has 0 fully saturated rings. The zero-order valence-corrected chi connectivity index (χ0v) is 12.6. The van der Waals surface area contributed by atoms with Gasteiger partial charge in [0.15, 0.2) is 0 Å². The van der Waals surface area contributed by atoms with E-state index in [0.29, 0.717) is 0 Å². The molecule has 0 unspecified atom stereocenters. The Balaban J connectivity index is 2.96. The van der Waals surface area contributed by atoms with E-state index in [0.717, 1.165) is 6.54 Å². The molecular formula is C17H35N. The summed E-state index contributed by atoms with van der Waals surface area (Å²) in [5, 5.41) is 0. The minimum atomic E-state index is 0.867. The molecule has 0 aliphatic rings. The molecule has 0 spiro atoms. The van der Waals surface area contributed by atoms with Crippen LogP contribution in [-0.4, -0.2) is 6.54 Å². The van der Waals surface area contributed by atoms with Crippen LogP contribution in [0, 0.1) is 0 Å². The molecule has 2 N–H and O–H groups in total. The van der Waals surface area contributed by atoms with Crippen molar-refractivity contribution in [2.24, 2.45) is 5.73 Å². The fraction of sp³-hybridized carbons (Fsp3) is 0.882. The Kier molecular flexibility index (Phi) is 16.4. The van der Waals surface area contributed by atoms with E-state index < -0.39 is 0 Å². The van der Waals surface area contributed by atoms with E-state index in [1.807, 2.05) is 0 Å². The van der Waals surface area contributed by atoms with Crippen LogP contribution in [0.5, 0.6) is 0 Å². The minimum absolute atomic E-state index is 0.867. The number of unbranched alkanes of at least 4 members (excludes halogenated alkanes) is 11. The third-order valence-electron chi connectivity index (χ3n) is 3.47. The Morgan fingerprint density at radius 2 is 1.06 bits per heavy atom. The van der Waals surface area contributed by atoms with Gasteiger partial charge < -0.3 is 5.73 Å². The fourth-order valence-electron chi connectivity index (χ4n) is 2.20.